The fourth-order valence-corrected chi connectivity index (χ4v) is 0. The molecule has 0 N–H and O–H groups in total. The second-order valence-electron chi connectivity index (χ2n) is 0.355. The van der Waals surface area contributed by atoms with Crippen LogP contribution < -0.4 is 0 Å². The molecule has 0 spiro atoms. The molecule has 29 valence electrons. The zero-order valence-electron chi connectivity index (χ0n) is 2.13. The van der Waals surface area contributed by atoms with Gasteiger partial charge in [0.25, 0.3) is 0 Å². The van der Waals surface area contributed by atoms with Gasteiger partial charge in [-0.1, -0.05) is 0 Å². The summed E-state index contributed by atoms with van der Waals surface area (Å²) < 4.78 is 0.954. The number of rotatable bonds is 0. The van der Waals surface area contributed by atoms with E-state index < -0.39 is 0 Å². The van der Waals surface area contributed by atoms with Crippen molar-refractivity contribution in [2.24, 2.45) is 0 Å². The predicted molar refractivity (Wildman–Crippen MR) is 38.6 cm³/mol. The molecule has 1 radical (unpaired) electrons. The monoisotopic (exact) mass is 309 g/mol. The van der Waals surface area contributed by atoms with E-state index in [0.29, 0.717) is 0 Å². The van der Waals surface area contributed by atoms with E-state index in [4.69, 9.17) is 0 Å². The van der Waals surface area contributed by atoms with Crippen molar-refractivity contribution in [3.63, 3.8) is 0 Å². The SMILES string of the molecule is Br/[C]=C(\Br)I. The number of halogens is 3. The van der Waals surface area contributed by atoms with E-state index in [-0.39, 0.29) is 0 Å². The lowest BCUT2D eigenvalue weighted by molar-refractivity contribution is 2.47. The number of hydrogen-bond donors (Lipinski definition) is 0. The molecule has 3 heteroatoms. The van der Waals surface area contributed by atoms with Gasteiger partial charge >= 0.3 is 0 Å². The van der Waals surface area contributed by atoms with Crippen molar-refractivity contribution in [1.29, 1.82) is 0 Å². The van der Waals surface area contributed by atoms with Gasteiger partial charge in [0, 0.05) is 0 Å². The third-order valence-electron chi connectivity index (χ3n) is 0.0714. The molecular formula is C2Br2I. The minimum atomic E-state index is 0.954. The molecule has 0 aliphatic carbocycles. The van der Waals surface area contributed by atoms with E-state index in [1.54, 1.807) is 0 Å². The molecule has 0 atom stereocenters. The van der Waals surface area contributed by atoms with E-state index in [9.17, 15) is 0 Å². The Bertz CT molecular complexity index is 45.6. The first kappa shape index (κ1) is 6.43. The Morgan fingerprint density at radius 2 is 2.00 bits per heavy atom. The molecule has 0 aromatic carbocycles. The zero-order valence-corrected chi connectivity index (χ0v) is 7.46. The van der Waals surface area contributed by atoms with Gasteiger partial charge < -0.3 is 0 Å². The van der Waals surface area contributed by atoms with Crippen LogP contribution in [0.4, 0.5) is 0 Å². The third kappa shape index (κ3) is 5.43. The summed E-state index contributed by atoms with van der Waals surface area (Å²) in [4.78, 5) is 2.66. The van der Waals surface area contributed by atoms with Crippen molar-refractivity contribution >= 4 is 54.5 Å². The summed E-state index contributed by atoms with van der Waals surface area (Å²) in [5.41, 5.74) is 0. The van der Waals surface area contributed by atoms with E-state index in [2.05, 4.69) is 59.4 Å². The highest BCUT2D eigenvalue weighted by Gasteiger charge is 1.70. The summed E-state index contributed by atoms with van der Waals surface area (Å²) >= 11 is 8.17. The van der Waals surface area contributed by atoms with Crippen LogP contribution in [-0.2, 0) is 0 Å². The van der Waals surface area contributed by atoms with Crippen LogP contribution >= 0.6 is 54.5 Å². The molecule has 0 rings (SSSR count). The second-order valence-corrected chi connectivity index (χ2v) is 4.11. The van der Waals surface area contributed by atoms with Crippen molar-refractivity contribution < 1.29 is 0 Å². The molecule has 0 aromatic rings. The topological polar surface area (TPSA) is 0 Å². The van der Waals surface area contributed by atoms with E-state index in [1.807, 2.05) is 0 Å². The van der Waals surface area contributed by atoms with E-state index in [0.717, 1.165) is 2.49 Å². The highest BCUT2D eigenvalue weighted by atomic mass is 127. The van der Waals surface area contributed by atoms with Crippen LogP contribution in [0.2, 0.25) is 0 Å². The predicted octanol–water partition coefficient (Wildman–Crippen LogP) is 2.81. The van der Waals surface area contributed by atoms with Crippen molar-refractivity contribution in [3.05, 3.63) is 7.47 Å². The molecule has 0 unspecified atom stereocenters. The van der Waals surface area contributed by atoms with Gasteiger partial charge in [-0.15, -0.1) is 0 Å². The molecule has 0 saturated carbocycles. The quantitative estimate of drug-likeness (QED) is 0.604. The standard InChI is InChI=1S/C2Br2I/c3-1-2(4)5. The molecule has 0 bridgehead atoms. The lowest BCUT2D eigenvalue weighted by Gasteiger charge is -1.64. The summed E-state index contributed by atoms with van der Waals surface area (Å²) in [7, 11) is 0. The van der Waals surface area contributed by atoms with E-state index >= 15 is 0 Å². The summed E-state index contributed by atoms with van der Waals surface area (Å²) in [5.74, 6) is 0. The van der Waals surface area contributed by atoms with Crippen LogP contribution in [-0.4, -0.2) is 0 Å². The van der Waals surface area contributed by atoms with Gasteiger partial charge in [-0.3, -0.25) is 0 Å². The van der Waals surface area contributed by atoms with Crippen LogP contribution in [0.25, 0.3) is 0 Å². The molecule has 0 fully saturated rings. The normalized spacial score (nSPS) is 12.2. The Morgan fingerprint density at radius 1 is 1.80 bits per heavy atom. The van der Waals surface area contributed by atoms with Gasteiger partial charge in [0.1, 0.15) is 0 Å². The lowest BCUT2D eigenvalue weighted by Crippen LogP contribution is -1.31. The molecule has 0 aliphatic heterocycles. The molecule has 5 heavy (non-hydrogen) atoms. The summed E-state index contributed by atoms with van der Waals surface area (Å²) in [6, 6.07) is 0. The van der Waals surface area contributed by atoms with Gasteiger partial charge in [-0.2, -0.15) is 0 Å². The van der Waals surface area contributed by atoms with Gasteiger partial charge in [0.15, 0.2) is 0 Å². The van der Waals surface area contributed by atoms with Crippen LogP contribution in [0.5, 0.6) is 0 Å². The Morgan fingerprint density at radius 3 is 2.00 bits per heavy atom. The fraction of sp³-hybridized carbons (Fsp3) is 0. The minimum Gasteiger partial charge on any atom is -0.0478 e. The molecule has 0 aliphatic rings. The lowest BCUT2D eigenvalue weighted by atomic mass is 11.3. The van der Waals surface area contributed by atoms with Crippen LogP contribution in [0, 0.1) is 4.99 Å². The minimum absolute atomic E-state index is 0.954. The zero-order chi connectivity index (χ0) is 4.28. The summed E-state index contributed by atoms with van der Waals surface area (Å²) in [6.07, 6.45) is 0. The van der Waals surface area contributed by atoms with Crippen molar-refractivity contribution in [2.45, 2.75) is 0 Å². The van der Waals surface area contributed by atoms with Crippen LogP contribution in [0.1, 0.15) is 0 Å². The van der Waals surface area contributed by atoms with E-state index in [1.165, 1.54) is 0 Å². The van der Waals surface area contributed by atoms with Crippen LogP contribution in [0.3, 0.4) is 0 Å². The second kappa shape index (κ2) is 3.61. The first-order chi connectivity index (χ1) is 2.27. The first-order valence-electron chi connectivity index (χ1n) is 0.817. The largest absolute Gasteiger partial charge is 0.0713 e. The summed E-state index contributed by atoms with van der Waals surface area (Å²) in [5, 5.41) is 0. The molecular weight excluding hydrogens is 311 g/mol. The smallest absolute Gasteiger partial charge is 0.0478 e. The molecule has 0 saturated heterocycles. The average Bonchev–Trinajstić information content (AvgIpc) is 1.38. The highest BCUT2D eigenvalue weighted by Crippen LogP contribution is 2.13. The van der Waals surface area contributed by atoms with Crippen molar-refractivity contribution in [1.82, 2.24) is 0 Å². The van der Waals surface area contributed by atoms with Gasteiger partial charge in [0.05, 0.1) is 7.47 Å². The Hall–Kier alpha value is 1.43. The summed E-state index contributed by atoms with van der Waals surface area (Å²) in [6.45, 7) is 0. The first-order valence-corrected chi connectivity index (χ1v) is 3.48. The highest BCUT2D eigenvalue weighted by molar-refractivity contribution is 14.1. The van der Waals surface area contributed by atoms with Gasteiger partial charge in [-0.25, -0.2) is 0 Å². The Kier molecular flexibility index (Phi) is 4.65. The fourth-order valence-electron chi connectivity index (χ4n) is 0. The van der Waals surface area contributed by atoms with Crippen LogP contribution in [0.15, 0.2) is 2.49 Å². The van der Waals surface area contributed by atoms with Crippen molar-refractivity contribution in [3.8, 4) is 0 Å². The van der Waals surface area contributed by atoms with Crippen molar-refractivity contribution in [2.75, 3.05) is 0 Å². The number of hydrogen-bond acceptors (Lipinski definition) is 0. The Labute approximate surface area is 61.4 Å². The molecule has 0 nitrogen and oxygen atoms in total. The van der Waals surface area contributed by atoms with Gasteiger partial charge in [0.2, 0.25) is 0 Å². The molecule has 0 aromatic heterocycles. The molecule has 0 heterocycles. The van der Waals surface area contributed by atoms with Gasteiger partial charge in [-0.05, 0) is 54.5 Å². The maximum absolute atomic E-state index is 3.12. The maximum Gasteiger partial charge on any atom is 0.0713 e. The molecule has 0 amide bonds. The third-order valence-corrected chi connectivity index (χ3v) is 2.21. The maximum atomic E-state index is 3.12. The Balaban J connectivity index is 3.14. The average molecular weight is 311 g/mol.